The molecule has 0 unspecified atom stereocenters. The Morgan fingerprint density at radius 1 is 1.04 bits per heavy atom. The van der Waals surface area contributed by atoms with Gasteiger partial charge in [0.1, 0.15) is 11.6 Å². The smallest absolute Gasteiger partial charge is 0.266 e. The van der Waals surface area contributed by atoms with Gasteiger partial charge < -0.3 is 4.74 Å². The van der Waals surface area contributed by atoms with Crippen LogP contribution in [0.15, 0.2) is 41.3 Å². The summed E-state index contributed by atoms with van der Waals surface area (Å²) in [5.74, 6) is 1.86. The molecule has 3 aromatic heterocycles. The van der Waals surface area contributed by atoms with E-state index < -0.39 is 0 Å². The van der Waals surface area contributed by atoms with Crippen LogP contribution in [0.4, 0.5) is 0 Å². The molecular weight excluding hydrogens is 306 g/mol. The fourth-order valence-corrected chi connectivity index (χ4v) is 2.83. The van der Waals surface area contributed by atoms with Gasteiger partial charge in [0.15, 0.2) is 0 Å². The minimum absolute atomic E-state index is 0.141. The Morgan fingerprint density at radius 2 is 1.79 bits per heavy atom. The van der Waals surface area contributed by atoms with Crippen molar-refractivity contribution in [1.29, 1.82) is 0 Å². The highest BCUT2D eigenvalue weighted by Crippen LogP contribution is 2.18. The molecule has 0 aliphatic heterocycles. The number of hydrogen-bond acceptors (Lipinski definition) is 5. The van der Waals surface area contributed by atoms with Gasteiger partial charge in [-0.15, -0.1) is 5.10 Å². The van der Waals surface area contributed by atoms with Gasteiger partial charge in [0, 0.05) is 11.9 Å². The van der Waals surface area contributed by atoms with Gasteiger partial charge in [0.25, 0.3) is 11.3 Å². The van der Waals surface area contributed by atoms with Gasteiger partial charge in [-0.25, -0.2) is 4.98 Å². The summed E-state index contributed by atoms with van der Waals surface area (Å²) in [6, 6.07) is 9.18. The van der Waals surface area contributed by atoms with Crippen molar-refractivity contribution in [1.82, 2.24) is 24.1 Å². The quantitative estimate of drug-likeness (QED) is 0.565. The maximum Gasteiger partial charge on any atom is 0.266 e. The Morgan fingerprint density at radius 3 is 2.50 bits per heavy atom. The molecule has 0 saturated carbocycles. The molecule has 0 bridgehead atoms. The summed E-state index contributed by atoms with van der Waals surface area (Å²) < 4.78 is 8.36. The molecule has 0 radical (unpaired) electrons. The highest BCUT2D eigenvalue weighted by atomic mass is 16.5. The molecule has 120 valence electrons. The van der Waals surface area contributed by atoms with Crippen LogP contribution in [0.5, 0.6) is 5.75 Å². The summed E-state index contributed by atoms with van der Waals surface area (Å²) in [6.45, 7) is 3.61. The van der Waals surface area contributed by atoms with Crippen LogP contribution in [0.1, 0.15) is 11.5 Å². The van der Waals surface area contributed by atoms with Crippen molar-refractivity contribution < 1.29 is 4.74 Å². The van der Waals surface area contributed by atoms with Crippen LogP contribution in [0.25, 0.3) is 22.4 Å². The zero-order valence-corrected chi connectivity index (χ0v) is 13.5. The molecule has 4 aromatic rings. The number of pyridine rings is 1. The molecule has 0 spiro atoms. The van der Waals surface area contributed by atoms with Gasteiger partial charge in [0.2, 0.25) is 0 Å². The summed E-state index contributed by atoms with van der Waals surface area (Å²) in [7, 11) is 1.61. The van der Waals surface area contributed by atoms with Crippen LogP contribution in [-0.4, -0.2) is 31.3 Å². The number of fused-ring (bicyclic) bond motifs is 3. The lowest BCUT2D eigenvalue weighted by atomic mass is 10.2. The third-order valence-corrected chi connectivity index (χ3v) is 3.97. The average Bonchev–Trinajstić information content (AvgIpc) is 2.95. The first kappa shape index (κ1) is 14.4. The maximum absolute atomic E-state index is 13.0. The number of methoxy groups -OCH3 is 1. The van der Waals surface area contributed by atoms with Gasteiger partial charge in [-0.1, -0.05) is 0 Å². The van der Waals surface area contributed by atoms with Crippen LogP contribution in [0, 0.1) is 13.8 Å². The predicted molar refractivity (Wildman–Crippen MR) is 89.9 cm³/mol. The number of ether oxygens (including phenoxy) is 1. The van der Waals surface area contributed by atoms with Crippen LogP contribution < -0.4 is 10.3 Å². The molecule has 7 heteroatoms. The Hall–Kier alpha value is -3.22. The normalized spacial score (nSPS) is 11.3. The summed E-state index contributed by atoms with van der Waals surface area (Å²) in [5, 5.41) is 4.86. The zero-order chi connectivity index (χ0) is 16.8. The number of benzene rings is 1. The highest BCUT2D eigenvalue weighted by Gasteiger charge is 2.14. The van der Waals surface area contributed by atoms with E-state index in [1.54, 1.807) is 29.3 Å². The van der Waals surface area contributed by atoms with Gasteiger partial charge in [0.05, 0.1) is 23.7 Å². The molecule has 1 aromatic carbocycles. The SMILES string of the molecule is COc1ccc(-n2ccc3c(c(C)nc4nc(C)nn43)c2=O)cc1. The van der Waals surface area contributed by atoms with Crippen LogP contribution in [0.3, 0.4) is 0 Å². The minimum atomic E-state index is -0.141. The van der Waals surface area contributed by atoms with Crippen molar-refractivity contribution >= 4 is 16.7 Å². The van der Waals surface area contributed by atoms with E-state index in [2.05, 4.69) is 15.1 Å². The van der Waals surface area contributed by atoms with Crippen molar-refractivity contribution in [2.75, 3.05) is 7.11 Å². The van der Waals surface area contributed by atoms with Crippen LogP contribution >= 0.6 is 0 Å². The lowest BCUT2D eigenvalue weighted by molar-refractivity contribution is 0.414. The summed E-state index contributed by atoms with van der Waals surface area (Å²) in [5.41, 5.74) is 1.96. The zero-order valence-electron chi connectivity index (χ0n) is 13.5. The topological polar surface area (TPSA) is 74.3 Å². The number of hydrogen-bond donors (Lipinski definition) is 0. The molecule has 0 saturated heterocycles. The first-order chi connectivity index (χ1) is 11.6. The Labute approximate surface area is 137 Å². The summed E-state index contributed by atoms with van der Waals surface area (Å²) in [6.07, 6.45) is 1.74. The van der Waals surface area contributed by atoms with Crippen LogP contribution in [-0.2, 0) is 0 Å². The van der Waals surface area contributed by atoms with Gasteiger partial charge in [-0.2, -0.15) is 9.50 Å². The lowest BCUT2D eigenvalue weighted by Crippen LogP contribution is -2.20. The second kappa shape index (κ2) is 5.16. The molecule has 0 atom stereocenters. The van der Waals surface area contributed by atoms with Gasteiger partial charge in [-0.3, -0.25) is 9.36 Å². The molecule has 0 aliphatic carbocycles. The molecule has 0 aliphatic rings. The van der Waals surface area contributed by atoms with E-state index in [-0.39, 0.29) is 5.56 Å². The summed E-state index contributed by atoms with van der Waals surface area (Å²) in [4.78, 5) is 21.7. The van der Waals surface area contributed by atoms with E-state index in [4.69, 9.17) is 4.74 Å². The fourth-order valence-electron chi connectivity index (χ4n) is 2.83. The molecule has 4 rings (SSSR count). The molecular formula is C17H15N5O2. The second-order valence-electron chi connectivity index (χ2n) is 5.52. The van der Waals surface area contributed by atoms with Gasteiger partial charge >= 0.3 is 0 Å². The largest absolute Gasteiger partial charge is 0.497 e. The Bertz CT molecular complexity index is 1130. The Balaban J connectivity index is 2.02. The monoisotopic (exact) mass is 321 g/mol. The maximum atomic E-state index is 13.0. The van der Waals surface area contributed by atoms with Crippen molar-refractivity contribution in [3.63, 3.8) is 0 Å². The second-order valence-corrected chi connectivity index (χ2v) is 5.52. The average molecular weight is 321 g/mol. The van der Waals surface area contributed by atoms with Crippen molar-refractivity contribution in [2.24, 2.45) is 0 Å². The van der Waals surface area contributed by atoms with E-state index in [1.165, 1.54) is 0 Å². The van der Waals surface area contributed by atoms with Gasteiger partial charge in [-0.05, 0) is 44.2 Å². The van der Waals surface area contributed by atoms with Crippen molar-refractivity contribution in [2.45, 2.75) is 13.8 Å². The molecule has 7 nitrogen and oxygen atoms in total. The Kier molecular flexibility index (Phi) is 3.09. The molecule has 3 heterocycles. The standard InChI is InChI=1S/C17H15N5O2/c1-10-15-14(22-17(18-10)19-11(2)20-22)8-9-21(16(15)23)12-4-6-13(24-3)7-5-12/h4-9H,1-3H3. The molecule has 0 N–H and O–H groups in total. The fraction of sp³-hybridized carbons (Fsp3) is 0.176. The number of aromatic nitrogens is 5. The first-order valence-electron chi connectivity index (χ1n) is 7.48. The third-order valence-electron chi connectivity index (χ3n) is 3.97. The van der Waals surface area contributed by atoms with E-state index in [0.717, 1.165) is 11.4 Å². The molecule has 0 amide bonds. The first-order valence-corrected chi connectivity index (χ1v) is 7.48. The van der Waals surface area contributed by atoms with Crippen LogP contribution in [0.2, 0.25) is 0 Å². The molecule has 0 fully saturated rings. The minimum Gasteiger partial charge on any atom is -0.497 e. The van der Waals surface area contributed by atoms with E-state index in [9.17, 15) is 4.79 Å². The third kappa shape index (κ3) is 2.05. The van der Waals surface area contributed by atoms with E-state index in [1.807, 2.05) is 37.3 Å². The van der Waals surface area contributed by atoms with Crippen molar-refractivity contribution in [3.05, 3.63) is 58.4 Å². The predicted octanol–water partition coefficient (Wildman–Crippen LogP) is 2.05. The number of aryl methyl sites for hydroxylation is 2. The van der Waals surface area contributed by atoms with E-state index >= 15 is 0 Å². The molecule has 24 heavy (non-hydrogen) atoms. The number of rotatable bonds is 2. The number of nitrogens with zero attached hydrogens (tertiary/aromatic N) is 5. The summed E-state index contributed by atoms with van der Waals surface area (Å²) >= 11 is 0. The lowest BCUT2D eigenvalue weighted by Gasteiger charge is -2.09. The highest BCUT2D eigenvalue weighted by molar-refractivity contribution is 5.82. The van der Waals surface area contributed by atoms with Crippen molar-refractivity contribution in [3.8, 4) is 11.4 Å². The van der Waals surface area contributed by atoms with E-state index in [0.29, 0.717) is 28.2 Å².